The third kappa shape index (κ3) is 5.23. The molecule has 2 aromatic rings. The van der Waals surface area contributed by atoms with Crippen LogP contribution in [0.5, 0.6) is 5.75 Å². The van der Waals surface area contributed by atoms with E-state index in [0.717, 1.165) is 31.8 Å². The lowest BCUT2D eigenvalue weighted by Gasteiger charge is -2.33. The third-order valence-electron chi connectivity index (χ3n) is 4.75. The quantitative estimate of drug-likeness (QED) is 0.864. The molecule has 0 aromatic heterocycles. The number of carboxylic acid groups (broad SMARTS) is 1. The second-order valence-electron chi connectivity index (χ2n) is 6.77. The molecule has 0 saturated carbocycles. The van der Waals surface area contributed by atoms with Crippen LogP contribution in [0.4, 0.5) is 4.79 Å². The zero-order valence-electron chi connectivity index (χ0n) is 15.2. The number of rotatable bonds is 6. The van der Waals surface area contributed by atoms with Crippen molar-refractivity contribution in [2.24, 2.45) is 0 Å². The minimum Gasteiger partial charge on any atom is -0.493 e. The number of amides is 1. The standard InChI is InChI=1S/C21H26N2O3/c1-17-2-4-18(5-3-17)10-15-26-20-8-6-19(7-9-20)16-22-11-13-23(14-12-22)21(24)25/h2-9H,10-16H2,1H3,(H,24,25). The molecular formula is C21H26N2O3. The van der Waals surface area contributed by atoms with Crippen molar-refractivity contribution in [1.29, 1.82) is 0 Å². The van der Waals surface area contributed by atoms with Crippen LogP contribution in [0.3, 0.4) is 0 Å². The van der Waals surface area contributed by atoms with E-state index in [9.17, 15) is 4.79 Å². The number of ether oxygens (including phenoxy) is 1. The summed E-state index contributed by atoms with van der Waals surface area (Å²) in [6.07, 6.45) is 0.0763. The maximum Gasteiger partial charge on any atom is 0.407 e. The van der Waals surface area contributed by atoms with Crippen molar-refractivity contribution in [3.05, 3.63) is 65.2 Å². The molecule has 1 aliphatic heterocycles. The molecule has 1 saturated heterocycles. The van der Waals surface area contributed by atoms with E-state index in [-0.39, 0.29) is 0 Å². The first kappa shape index (κ1) is 18.3. The molecule has 0 spiro atoms. The predicted molar refractivity (Wildman–Crippen MR) is 102 cm³/mol. The number of aryl methyl sites for hydroxylation is 1. The largest absolute Gasteiger partial charge is 0.493 e. The summed E-state index contributed by atoms with van der Waals surface area (Å²) in [7, 11) is 0. The molecule has 0 radical (unpaired) electrons. The van der Waals surface area contributed by atoms with Gasteiger partial charge in [0.15, 0.2) is 0 Å². The van der Waals surface area contributed by atoms with Crippen LogP contribution in [-0.2, 0) is 13.0 Å². The number of piperazine rings is 1. The van der Waals surface area contributed by atoms with Gasteiger partial charge in [0.1, 0.15) is 5.75 Å². The van der Waals surface area contributed by atoms with E-state index >= 15 is 0 Å². The Bertz CT molecular complexity index is 705. The van der Waals surface area contributed by atoms with Gasteiger partial charge in [0.05, 0.1) is 6.61 Å². The summed E-state index contributed by atoms with van der Waals surface area (Å²) in [5.41, 5.74) is 3.78. The number of nitrogens with zero attached hydrogens (tertiary/aromatic N) is 2. The second-order valence-corrected chi connectivity index (χ2v) is 6.77. The van der Waals surface area contributed by atoms with Crippen molar-refractivity contribution in [2.75, 3.05) is 32.8 Å². The lowest BCUT2D eigenvalue weighted by atomic mass is 10.1. The lowest BCUT2D eigenvalue weighted by Crippen LogP contribution is -2.47. The molecule has 1 heterocycles. The molecule has 2 aromatic carbocycles. The van der Waals surface area contributed by atoms with Gasteiger partial charge in [-0.3, -0.25) is 4.90 Å². The summed E-state index contributed by atoms with van der Waals surface area (Å²) in [6, 6.07) is 16.7. The van der Waals surface area contributed by atoms with Gasteiger partial charge in [0.2, 0.25) is 0 Å². The fourth-order valence-electron chi connectivity index (χ4n) is 3.09. The Labute approximate surface area is 154 Å². The molecule has 138 valence electrons. The average Bonchev–Trinajstić information content (AvgIpc) is 2.65. The highest BCUT2D eigenvalue weighted by Crippen LogP contribution is 2.15. The first-order chi connectivity index (χ1) is 12.6. The Morgan fingerprint density at radius 2 is 1.58 bits per heavy atom. The van der Waals surface area contributed by atoms with Crippen LogP contribution in [0.15, 0.2) is 48.5 Å². The van der Waals surface area contributed by atoms with E-state index in [1.807, 2.05) is 12.1 Å². The summed E-state index contributed by atoms with van der Waals surface area (Å²) >= 11 is 0. The van der Waals surface area contributed by atoms with Crippen LogP contribution in [0, 0.1) is 6.92 Å². The predicted octanol–water partition coefficient (Wildman–Crippen LogP) is 3.41. The van der Waals surface area contributed by atoms with E-state index < -0.39 is 6.09 Å². The highest BCUT2D eigenvalue weighted by atomic mass is 16.5. The molecule has 5 nitrogen and oxygen atoms in total. The van der Waals surface area contributed by atoms with E-state index in [4.69, 9.17) is 9.84 Å². The fraction of sp³-hybridized carbons (Fsp3) is 0.381. The first-order valence-electron chi connectivity index (χ1n) is 9.08. The Balaban J connectivity index is 1.42. The molecule has 1 N–H and O–H groups in total. The van der Waals surface area contributed by atoms with Crippen molar-refractivity contribution in [3.63, 3.8) is 0 Å². The summed E-state index contributed by atoms with van der Waals surface area (Å²) in [6.45, 7) is 6.32. The van der Waals surface area contributed by atoms with Gasteiger partial charge in [-0.15, -0.1) is 0 Å². The van der Waals surface area contributed by atoms with Crippen molar-refractivity contribution < 1.29 is 14.6 Å². The minimum atomic E-state index is -0.822. The molecule has 1 amide bonds. The van der Waals surface area contributed by atoms with Crippen LogP contribution < -0.4 is 4.74 Å². The summed E-state index contributed by atoms with van der Waals surface area (Å²) < 4.78 is 5.84. The Morgan fingerprint density at radius 1 is 0.962 bits per heavy atom. The maximum absolute atomic E-state index is 10.9. The van der Waals surface area contributed by atoms with Crippen LogP contribution in [-0.4, -0.2) is 53.8 Å². The molecule has 0 unspecified atom stereocenters. The SMILES string of the molecule is Cc1ccc(CCOc2ccc(CN3CCN(C(=O)O)CC3)cc2)cc1. The van der Waals surface area contributed by atoms with E-state index in [1.165, 1.54) is 21.6 Å². The van der Waals surface area contributed by atoms with Gasteiger partial charge in [0.25, 0.3) is 0 Å². The lowest BCUT2D eigenvalue weighted by molar-refractivity contribution is 0.103. The maximum atomic E-state index is 10.9. The minimum absolute atomic E-state index is 0.579. The second kappa shape index (κ2) is 8.72. The van der Waals surface area contributed by atoms with Gasteiger partial charge in [-0.05, 0) is 30.2 Å². The molecule has 5 heteroatoms. The summed E-state index contributed by atoms with van der Waals surface area (Å²) in [5, 5.41) is 8.99. The third-order valence-corrected chi connectivity index (χ3v) is 4.75. The highest BCUT2D eigenvalue weighted by molar-refractivity contribution is 5.65. The summed E-state index contributed by atoms with van der Waals surface area (Å²) in [4.78, 5) is 14.7. The molecule has 0 aliphatic carbocycles. The van der Waals surface area contributed by atoms with E-state index in [2.05, 4.69) is 48.2 Å². The van der Waals surface area contributed by atoms with Gasteiger partial charge < -0.3 is 14.7 Å². The van der Waals surface area contributed by atoms with Crippen LogP contribution in [0.1, 0.15) is 16.7 Å². The van der Waals surface area contributed by atoms with Gasteiger partial charge in [0, 0.05) is 39.1 Å². The average molecular weight is 354 g/mol. The van der Waals surface area contributed by atoms with Crippen LogP contribution in [0.2, 0.25) is 0 Å². The summed E-state index contributed by atoms with van der Waals surface area (Å²) in [5.74, 6) is 0.886. The van der Waals surface area contributed by atoms with Gasteiger partial charge in [-0.1, -0.05) is 42.0 Å². The van der Waals surface area contributed by atoms with Crippen molar-refractivity contribution in [1.82, 2.24) is 9.80 Å². The fourth-order valence-corrected chi connectivity index (χ4v) is 3.09. The van der Waals surface area contributed by atoms with Gasteiger partial charge in [-0.2, -0.15) is 0 Å². The molecule has 26 heavy (non-hydrogen) atoms. The molecular weight excluding hydrogens is 328 g/mol. The Morgan fingerprint density at radius 3 is 2.19 bits per heavy atom. The van der Waals surface area contributed by atoms with E-state index in [0.29, 0.717) is 19.7 Å². The van der Waals surface area contributed by atoms with Crippen LogP contribution >= 0.6 is 0 Å². The number of benzene rings is 2. The smallest absolute Gasteiger partial charge is 0.407 e. The van der Waals surface area contributed by atoms with Crippen molar-refractivity contribution >= 4 is 6.09 Å². The van der Waals surface area contributed by atoms with Crippen molar-refractivity contribution in [2.45, 2.75) is 19.9 Å². The number of hydrogen-bond donors (Lipinski definition) is 1. The van der Waals surface area contributed by atoms with Crippen LogP contribution in [0.25, 0.3) is 0 Å². The molecule has 1 aliphatic rings. The zero-order valence-corrected chi connectivity index (χ0v) is 15.2. The Kier molecular flexibility index (Phi) is 6.12. The zero-order chi connectivity index (χ0) is 18.4. The Hall–Kier alpha value is -2.53. The molecule has 1 fully saturated rings. The van der Waals surface area contributed by atoms with Crippen molar-refractivity contribution in [3.8, 4) is 5.75 Å². The number of hydrogen-bond acceptors (Lipinski definition) is 3. The topological polar surface area (TPSA) is 53.0 Å². The molecule has 0 bridgehead atoms. The normalized spacial score (nSPS) is 15.0. The molecule has 0 atom stereocenters. The molecule has 3 rings (SSSR count). The monoisotopic (exact) mass is 354 g/mol. The highest BCUT2D eigenvalue weighted by Gasteiger charge is 2.20. The number of carbonyl (C=O) groups is 1. The first-order valence-corrected chi connectivity index (χ1v) is 9.08. The van der Waals surface area contributed by atoms with E-state index in [1.54, 1.807) is 0 Å². The van der Waals surface area contributed by atoms with Gasteiger partial charge >= 0.3 is 6.09 Å². The van der Waals surface area contributed by atoms with Gasteiger partial charge in [-0.25, -0.2) is 4.79 Å².